The summed E-state index contributed by atoms with van der Waals surface area (Å²) in [5.41, 5.74) is 2.94. The van der Waals surface area contributed by atoms with E-state index in [2.05, 4.69) is 10.1 Å². The van der Waals surface area contributed by atoms with E-state index < -0.39 is 12.5 Å². The van der Waals surface area contributed by atoms with Crippen LogP contribution in [-0.2, 0) is 24.2 Å². The van der Waals surface area contributed by atoms with Crippen LogP contribution in [0.15, 0.2) is 36.4 Å². The fourth-order valence-corrected chi connectivity index (χ4v) is 2.68. The van der Waals surface area contributed by atoms with Crippen LogP contribution in [-0.4, -0.2) is 13.2 Å². The summed E-state index contributed by atoms with van der Waals surface area (Å²) in [4.78, 5) is 11.5. The third-order valence-electron chi connectivity index (χ3n) is 4.17. The summed E-state index contributed by atoms with van der Waals surface area (Å²) >= 11 is 0. The van der Waals surface area contributed by atoms with Crippen LogP contribution in [0, 0.1) is 0 Å². The Morgan fingerprint density at radius 1 is 1.15 bits per heavy atom. The van der Waals surface area contributed by atoms with Gasteiger partial charge in [-0.1, -0.05) is 32.0 Å². The first-order chi connectivity index (χ1) is 12.5. The lowest BCUT2D eigenvalue weighted by Gasteiger charge is -2.17. The first kappa shape index (κ1) is 19.7. The molecule has 0 aliphatic heterocycles. The number of halogens is 2. The summed E-state index contributed by atoms with van der Waals surface area (Å²) in [5.74, 6) is 0.145. The van der Waals surface area contributed by atoms with Crippen molar-refractivity contribution in [1.82, 2.24) is 0 Å². The Morgan fingerprint density at radius 2 is 1.92 bits per heavy atom. The van der Waals surface area contributed by atoms with E-state index in [9.17, 15) is 13.6 Å². The number of methoxy groups -OCH3 is 1. The molecule has 2 rings (SSSR count). The Balaban J connectivity index is 2.30. The quantitative estimate of drug-likeness (QED) is 0.706. The highest BCUT2D eigenvalue weighted by Gasteiger charge is 2.17. The molecule has 6 heteroatoms. The van der Waals surface area contributed by atoms with E-state index >= 15 is 0 Å². The molecule has 0 atom stereocenters. The minimum atomic E-state index is -2.62. The van der Waals surface area contributed by atoms with Crippen LogP contribution in [0.4, 0.5) is 19.3 Å². The molecule has 0 aliphatic rings. The number of hydrogen-bond acceptors (Lipinski definition) is 3. The monoisotopic (exact) mass is 363 g/mol. The zero-order valence-electron chi connectivity index (χ0n) is 15.1. The predicted molar refractivity (Wildman–Crippen MR) is 97.0 cm³/mol. The van der Waals surface area contributed by atoms with Gasteiger partial charge in [-0.2, -0.15) is 0 Å². The van der Waals surface area contributed by atoms with Gasteiger partial charge < -0.3 is 9.47 Å². The third-order valence-corrected chi connectivity index (χ3v) is 4.17. The number of nitrogens with one attached hydrogen (secondary N) is 1. The van der Waals surface area contributed by atoms with Gasteiger partial charge in [0.1, 0.15) is 12.4 Å². The van der Waals surface area contributed by atoms with Crippen LogP contribution in [0.25, 0.3) is 0 Å². The lowest BCUT2D eigenvalue weighted by atomic mass is 10.0. The van der Waals surface area contributed by atoms with E-state index in [1.165, 1.54) is 13.2 Å². The maximum absolute atomic E-state index is 13.4. The number of ether oxygens (including phenoxy) is 2. The fourth-order valence-electron chi connectivity index (χ4n) is 2.68. The highest BCUT2D eigenvalue weighted by Crippen LogP contribution is 2.32. The molecule has 0 aliphatic carbocycles. The van der Waals surface area contributed by atoms with Gasteiger partial charge in [-0.15, -0.1) is 0 Å². The standard InChI is InChI=1S/C20H23F2NO3/c1-4-13-9-10-18(15(11-13)19(21)22)26-12-16-14(5-2)7-6-8-17(16)23-20(24)25-3/h6-11,19H,4-5,12H2,1-3H3,(H,23,24). The molecule has 2 aromatic rings. The molecule has 0 spiro atoms. The minimum absolute atomic E-state index is 0.0640. The molecular formula is C20H23F2NO3. The molecular weight excluding hydrogens is 340 g/mol. The van der Waals surface area contributed by atoms with Gasteiger partial charge in [0, 0.05) is 5.56 Å². The Kier molecular flexibility index (Phi) is 6.95. The van der Waals surface area contributed by atoms with Crippen molar-refractivity contribution in [2.45, 2.75) is 39.7 Å². The number of anilines is 1. The van der Waals surface area contributed by atoms with Crippen LogP contribution in [0.5, 0.6) is 5.75 Å². The average Bonchev–Trinajstić information content (AvgIpc) is 2.66. The lowest BCUT2D eigenvalue weighted by molar-refractivity contribution is 0.144. The van der Waals surface area contributed by atoms with E-state index in [1.807, 2.05) is 26.0 Å². The smallest absolute Gasteiger partial charge is 0.411 e. The first-order valence-corrected chi connectivity index (χ1v) is 8.49. The molecule has 140 valence electrons. The Morgan fingerprint density at radius 3 is 2.54 bits per heavy atom. The van der Waals surface area contributed by atoms with Gasteiger partial charge in [-0.25, -0.2) is 13.6 Å². The normalized spacial score (nSPS) is 10.7. The van der Waals surface area contributed by atoms with Gasteiger partial charge in [-0.05, 0) is 42.2 Å². The van der Waals surface area contributed by atoms with Crippen molar-refractivity contribution in [3.63, 3.8) is 0 Å². The third kappa shape index (κ3) is 4.71. The molecule has 0 aromatic heterocycles. The Hall–Kier alpha value is -2.63. The topological polar surface area (TPSA) is 47.6 Å². The molecule has 26 heavy (non-hydrogen) atoms. The second-order valence-corrected chi connectivity index (χ2v) is 5.73. The summed E-state index contributed by atoms with van der Waals surface area (Å²) in [7, 11) is 1.28. The van der Waals surface area contributed by atoms with Gasteiger partial charge in [0.2, 0.25) is 0 Å². The summed E-state index contributed by atoms with van der Waals surface area (Å²) in [6, 6.07) is 10.3. The largest absolute Gasteiger partial charge is 0.488 e. The highest BCUT2D eigenvalue weighted by molar-refractivity contribution is 5.85. The van der Waals surface area contributed by atoms with Crippen molar-refractivity contribution in [3.8, 4) is 5.75 Å². The molecule has 4 nitrogen and oxygen atoms in total. The van der Waals surface area contributed by atoms with E-state index in [0.29, 0.717) is 18.5 Å². The maximum atomic E-state index is 13.4. The van der Waals surface area contributed by atoms with Crippen LogP contribution in [0.3, 0.4) is 0 Å². The van der Waals surface area contributed by atoms with Gasteiger partial charge in [0.25, 0.3) is 6.43 Å². The zero-order valence-corrected chi connectivity index (χ0v) is 15.1. The number of benzene rings is 2. The molecule has 2 aromatic carbocycles. The van der Waals surface area contributed by atoms with Gasteiger partial charge >= 0.3 is 6.09 Å². The average molecular weight is 363 g/mol. The van der Waals surface area contributed by atoms with Crippen molar-refractivity contribution in [3.05, 3.63) is 58.7 Å². The lowest BCUT2D eigenvalue weighted by Crippen LogP contribution is -2.14. The summed E-state index contributed by atoms with van der Waals surface area (Å²) < 4.78 is 37.1. The van der Waals surface area contributed by atoms with Crippen LogP contribution >= 0.6 is 0 Å². The fraction of sp³-hybridized carbons (Fsp3) is 0.350. The highest BCUT2D eigenvalue weighted by atomic mass is 19.3. The molecule has 0 heterocycles. The SMILES string of the molecule is CCc1ccc(OCc2c(CC)cccc2NC(=O)OC)c(C(F)F)c1. The van der Waals surface area contributed by atoms with Crippen LogP contribution in [0.1, 0.15) is 42.5 Å². The van der Waals surface area contributed by atoms with Gasteiger partial charge in [0.15, 0.2) is 0 Å². The second-order valence-electron chi connectivity index (χ2n) is 5.73. The number of carbonyl (C=O) groups excluding carboxylic acids is 1. The van der Waals surface area contributed by atoms with Gasteiger partial charge in [-0.3, -0.25) is 5.32 Å². The number of carbonyl (C=O) groups is 1. The van der Waals surface area contributed by atoms with Crippen molar-refractivity contribution in [2.75, 3.05) is 12.4 Å². The van der Waals surface area contributed by atoms with Crippen molar-refractivity contribution < 1.29 is 23.0 Å². The number of alkyl halides is 2. The number of hydrogen-bond donors (Lipinski definition) is 1. The predicted octanol–water partition coefficient (Wildman–Crippen LogP) is 5.51. The Labute approximate surface area is 152 Å². The molecule has 0 saturated heterocycles. The summed E-state index contributed by atoms with van der Waals surface area (Å²) in [6.07, 6.45) is -1.83. The molecule has 0 radical (unpaired) electrons. The molecule has 1 N–H and O–H groups in total. The molecule has 0 fully saturated rings. The van der Waals surface area contributed by atoms with E-state index in [1.54, 1.807) is 18.2 Å². The zero-order chi connectivity index (χ0) is 19.1. The molecule has 0 unspecified atom stereocenters. The van der Waals surface area contributed by atoms with Crippen molar-refractivity contribution in [1.29, 1.82) is 0 Å². The maximum Gasteiger partial charge on any atom is 0.411 e. The molecule has 1 amide bonds. The molecule has 0 saturated carbocycles. The second kappa shape index (κ2) is 9.17. The Bertz CT molecular complexity index is 763. The van der Waals surface area contributed by atoms with E-state index in [-0.39, 0.29) is 17.9 Å². The summed E-state index contributed by atoms with van der Waals surface area (Å²) in [5, 5.41) is 2.64. The summed E-state index contributed by atoms with van der Waals surface area (Å²) in [6.45, 7) is 3.95. The number of aryl methyl sites for hydroxylation is 2. The van der Waals surface area contributed by atoms with Gasteiger partial charge in [0.05, 0.1) is 18.4 Å². The number of amides is 1. The van der Waals surface area contributed by atoms with Crippen LogP contribution in [0.2, 0.25) is 0 Å². The first-order valence-electron chi connectivity index (χ1n) is 8.49. The van der Waals surface area contributed by atoms with E-state index in [4.69, 9.17) is 4.74 Å². The van der Waals surface area contributed by atoms with E-state index in [0.717, 1.165) is 16.7 Å². The molecule has 0 bridgehead atoms. The van der Waals surface area contributed by atoms with Crippen molar-refractivity contribution >= 4 is 11.8 Å². The number of rotatable bonds is 7. The van der Waals surface area contributed by atoms with Crippen molar-refractivity contribution in [2.24, 2.45) is 0 Å². The minimum Gasteiger partial charge on any atom is -0.488 e. The van der Waals surface area contributed by atoms with Crippen LogP contribution < -0.4 is 10.1 Å².